The Bertz CT molecular complexity index is 1070. The van der Waals surface area contributed by atoms with E-state index in [2.05, 4.69) is 25.3 Å². The van der Waals surface area contributed by atoms with Gasteiger partial charge in [-0.2, -0.15) is 15.1 Å². The number of nitrogens with one attached hydrogen (secondary N) is 1. The third-order valence-electron chi connectivity index (χ3n) is 6.44. The van der Waals surface area contributed by atoms with E-state index < -0.39 is 38.5 Å². The van der Waals surface area contributed by atoms with E-state index in [9.17, 15) is 14.8 Å². The summed E-state index contributed by atoms with van der Waals surface area (Å²) in [7, 11) is -4.36. The SMILES string of the molecule is O=P(O)(O)COCC1OC(n2ncc3c(N4CC5(CCCNC5)C4)nc(Cl)nc32)[C@H](O)[C@@H]1O. The van der Waals surface area contributed by atoms with Gasteiger partial charge < -0.3 is 39.7 Å². The largest absolute Gasteiger partial charge is 0.387 e. The molecule has 0 bridgehead atoms. The Morgan fingerprint density at radius 2 is 2.09 bits per heavy atom. The number of hydrogen-bond acceptors (Lipinski definition) is 10. The van der Waals surface area contributed by atoms with Crippen molar-refractivity contribution in [2.45, 2.75) is 37.4 Å². The Balaban J connectivity index is 1.36. The highest BCUT2D eigenvalue weighted by Gasteiger charge is 2.47. The van der Waals surface area contributed by atoms with Gasteiger partial charge in [-0.1, -0.05) is 0 Å². The Morgan fingerprint density at radius 3 is 2.79 bits per heavy atom. The molecule has 182 valence electrons. The maximum absolute atomic E-state index is 11.0. The van der Waals surface area contributed by atoms with Crippen LogP contribution in [0.4, 0.5) is 5.82 Å². The Hall–Kier alpha value is -1.41. The third-order valence-corrected chi connectivity index (χ3v) is 7.13. The number of rotatable bonds is 6. The van der Waals surface area contributed by atoms with E-state index in [4.69, 9.17) is 30.9 Å². The first kappa shape index (κ1) is 23.3. The molecule has 2 aromatic rings. The molecule has 2 aromatic heterocycles. The van der Waals surface area contributed by atoms with Crippen LogP contribution >= 0.6 is 19.2 Å². The zero-order chi connectivity index (χ0) is 23.4. The molecule has 5 rings (SSSR count). The van der Waals surface area contributed by atoms with Gasteiger partial charge in [0.05, 0.1) is 18.2 Å². The van der Waals surface area contributed by atoms with Crippen LogP contribution in [0, 0.1) is 5.41 Å². The lowest BCUT2D eigenvalue weighted by atomic mass is 9.74. The van der Waals surface area contributed by atoms with Crippen molar-refractivity contribution in [3.8, 4) is 0 Å². The van der Waals surface area contributed by atoms with Gasteiger partial charge in [0, 0.05) is 25.0 Å². The minimum Gasteiger partial charge on any atom is -0.387 e. The maximum Gasteiger partial charge on any atom is 0.350 e. The normalized spacial score (nSPS) is 29.7. The molecule has 3 aliphatic heterocycles. The van der Waals surface area contributed by atoms with Gasteiger partial charge in [0.1, 0.15) is 30.5 Å². The van der Waals surface area contributed by atoms with Crippen molar-refractivity contribution >= 4 is 36.0 Å². The van der Waals surface area contributed by atoms with E-state index in [0.717, 1.165) is 39.0 Å². The highest BCUT2D eigenvalue weighted by Crippen LogP contribution is 2.42. The fraction of sp³-hybridized carbons (Fsp3) is 0.722. The molecule has 3 saturated heterocycles. The number of fused-ring (bicyclic) bond motifs is 1. The lowest BCUT2D eigenvalue weighted by molar-refractivity contribution is -0.0658. The number of ether oxygens (including phenoxy) is 2. The van der Waals surface area contributed by atoms with Gasteiger partial charge in [-0.25, -0.2) is 4.68 Å². The molecular formula is C18H26ClN6O7P. The summed E-state index contributed by atoms with van der Waals surface area (Å²) >= 11 is 6.22. The van der Waals surface area contributed by atoms with Crippen LogP contribution in [0.15, 0.2) is 6.20 Å². The number of nitrogens with zero attached hydrogens (tertiary/aromatic N) is 5. The lowest BCUT2D eigenvalue weighted by Crippen LogP contribution is -2.62. The molecule has 0 saturated carbocycles. The molecule has 15 heteroatoms. The lowest BCUT2D eigenvalue weighted by Gasteiger charge is -2.53. The summed E-state index contributed by atoms with van der Waals surface area (Å²) in [5.74, 6) is 0.655. The molecule has 4 atom stereocenters. The van der Waals surface area contributed by atoms with E-state index in [1.54, 1.807) is 6.20 Å². The molecule has 33 heavy (non-hydrogen) atoms. The van der Waals surface area contributed by atoms with Crippen molar-refractivity contribution in [1.29, 1.82) is 0 Å². The van der Waals surface area contributed by atoms with Crippen molar-refractivity contribution in [2.75, 3.05) is 44.0 Å². The van der Waals surface area contributed by atoms with Crippen LogP contribution in [0.3, 0.4) is 0 Å². The standard InChI is InChI=1S/C18H26ClN6O7P/c19-17-22-14(24-7-18(8-24)2-1-3-20-6-18)10-4-21-25(15(10)23-17)16-13(27)12(26)11(32-16)5-31-9-33(28,29)30/h4,11-13,16,20,26-27H,1-3,5-9H2,(H2,28,29,30)/t11?,12-,13-,16?/m1/s1. The second-order valence-electron chi connectivity index (χ2n) is 8.99. The molecule has 5 heterocycles. The van der Waals surface area contributed by atoms with Crippen LogP contribution in [0.5, 0.6) is 0 Å². The minimum atomic E-state index is -4.36. The molecule has 1 spiro atoms. The van der Waals surface area contributed by atoms with Gasteiger partial charge in [-0.3, -0.25) is 4.57 Å². The summed E-state index contributed by atoms with van der Waals surface area (Å²) in [6, 6.07) is 0. The van der Waals surface area contributed by atoms with E-state index in [0.29, 0.717) is 16.9 Å². The number of aliphatic hydroxyl groups excluding tert-OH is 2. The average molecular weight is 505 g/mol. The minimum absolute atomic E-state index is 0.0246. The summed E-state index contributed by atoms with van der Waals surface area (Å²) in [6.45, 7) is 3.38. The van der Waals surface area contributed by atoms with E-state index in [1.807, 2.05) is 0 Å². The summed E-state index contributed by atoms with van der Waals surface area (Å²) in [6.07, 6.45) is -1.76. The van der Waals surface area contributed by atoms with Crippen molar-refractivity contribution in [3.63, 3.8) is 0 Å². The van der Waals surface area contributed by atoms with Crippen molar-refractivity contribution in [3.05, 3.63) is 11.5 Å². The Labute approximate surface area is 193 Å². The first-order chi connectivity index (χ1) is 15.7. The van der Waals surface area contributed by atoms with Gasteiger partial charge in [0.15, 0.2) is 11.9 Å². The first-order valence-electron chi connectivity index (χ1n) is 10.7. The van der Waals surface area contributed by atoms with E-state index in [-0.39, 0.29) is 17.3 Å². The number of aromatic nitrogens is 4. The molecule has 2 unspecified atom stereocenters. The van der Waals surface area contributed by atoms with Gasteiger partial charge in [0.2, 0.25) is 5.28 Å². The van der Waals surface area contributed by atoms with Crippen molar-refractivity contribution in [1.82, 2.24) is 25.1 Å². The molecule has 0 aliphatic carbocycles. The molecule has 5 N–H and O–H groups in total. The van der Waals surface area contributed by atoms with E-state index in [1.165, 1.54) is 4.68 Å². The second kappa shape index (κ2) is 8.67. The maximum atomic E-state index is 11.0. The predicted molar refractivity (Wildman–Crippen MR) is 116 cm³/mol. The van der Waals surface area contributed by atoms with Crippen LogP contribution in [0.25, 0.3) is 11.0 Å². The molecule has 0 aromatic carbocycles. The second-order valence-corrected chi connectivity index (χ2v) is 10.9. The number of hydrogen-bond donors (Lipinski definition) is 5. The number of piperidine rings is 1. The molecule has 0 radical (unpaired) electrons. The van der Waals surface area contributed by atoms with Gasteiger partial charge >= 0.3 is 7.60 Å². The van der Waals surface area contributed by atoms with Gasteiger partial charge in [0.25, 0.3) is 0 Å². The Kier molecular flexibility index (Phi) is 6.13. The molecule has 3 fully saturated rings. The number of aliphatic hydroxyl groups is 2. The fourth-order valence-electron chi connectivity index (χ4n) is 4.88. The predicted octanol–water partition coefficient (Wildman–Crippen LogP) is -0.559. The van der Waals surface area contributed by atoms with Gasteiger partial charge in [-0.05, 0) is 31.0 Å². The van der Waals surface area contributed by atoms with Crippen LogP contribution < -0.4 is 10.2 Å². The highest BCUT2D eigenvalue weighted by atomic mass is 35.5. The smallest absolute Gasteiger partial charge is 0.350 e. The van der Waals surface area contributed by atoms with Crippen LogP contribution in [-0.4, -0.2) is 97.2 Å². The molecular weight excluding hydrogens is 479 g/mol. The van der Waals surface area contributed by atoms with Crippen molar-refractivity contribution in [2.24, 2.45) is 5.41 Å². The monoisotopic (exact) mass is 504 g/mol. The van der Waals surface area contributed by atoms with Crippen LogP contribution in [-0.2, 0) is 14.0 Å². The average Bonchev–Trinajstić information content (AvgIpc) is 3.27. The third kappa shape index (κ3) is 4.49. The molecule has 13 nitrogen and oxygen atoms in total. The van der Waals surface area contributed by atoms with Gasteiger partial charge in [-0.15, -0.1) is 0 Å². The van der Waals surface area contributed by atoms with Crippen LogP contribution in [0.1, 0.15) is 19.1 Å². The topological polar surface area (TPSA) is 175 Å². The molecule has 0 amide bonds. The quantitative estimate of drug-likeness (QED) is 0.251. The Morgan fingerprint density at radius 1 is 1.30 bits per heavy atom. The number of halogens is 1. The fourth-order valence-corrected chi connectivity index (χ4v) is 5.39. The summed E-state index contributed by atoms with van der Waals surface area (Å²) in [4.78, 5) is 28.7. The van der Waals surface area contributed by atoms with Crippen LogP contribution in [0.2, 0.25) is 5.28 Å². The molecule has 3 aliphatic rings. The summed E-state index contributed by atoms with van der Waals surface area (Å²) < 4.78 is 23.0. The van der Waals surface area contributed by atoms with Crippen molar-refractivity contribution < 1.29 is 34.0 Å². The summed E-state index contributed by atoms with van der Waals surface area (Å²) in [5.41, 5.74) is 0.577. The highest BCUT2D eigenvalue weighted by molar-refractivity contribution is 7.51. The number of anilines is 1. The van der Waals surface area contributed by atoms with E-state index >= 15 is 0 Å². The summed E-state index contributed by atoms with van der Waals surface area (Å²) in [5, 5.41) is 29.3. The zero-order valence-corrected chi connectivity index (χ0v) is 19.3. The first-order valence-corrected chi connectivity index (χ1v) is 12.8. The zero-order valence-electron chi connectivity index (χ0n) is 17.6.